The van der Waals surface area contributed by atoms with Gasteiger partial charge in [-0.25, -0.2) is 13.6 Å². The zero-order valence-corrected chi connectivity index (χ0v) is 18.8. The first-order valence-electron chi connectivity index (χ1n) is 8.70. The molecule has 2 atom stereocenters. The Labute approximate surface area is 180 Å². The molecule has 0 saturated carbocycles. The van der Waals surface area contributed by atoms with Gasteiger partial charge in [0.05, 0.1) is 11.1 Å². The van der Waals surface area contributed by atoms with E-state index < -0.39 is 22.4 Å². The Morgan fingerprint density at radius 2 is 2.17 bits per heavy atom. The van der Waals surface area contributed by atoms with Crippen molar-refractivity contribution in [3.8, 4) is 0 Å². The van der Waals surface area contributed by atoms with Crippen molar-refractivity contribution in [1.82, 2.24) is 4.90 Å². The van der Waals surface area contributed by atoms with Gasteiger partial charge in [0, 0.05) is 13.3 Å². The third-order valence-electron chi connectivity index (χ3n) is 4.49. The first-order valence-corrected chi connectivity index (χ1v) is 11.0. The maximum Gasteiger partial charge on any atom is 0.216 e. The molecule has 0 fully saturated rings. The third kappa shape index (κ3) is 5.94. The van der Waals surface area contributed by atoms with E-state index in [0.717, 1.165) is 11.1 Å². The maximum atomic E-state index is 13.8. The fraction of sp³-hybridized carbons (Fsp3) is 0.300. The smallest absolute Gasteiger partial charge is 0.216 e. The third-order valence-corrected chi connectivity index (χ3v) is 5.55. The zero-order chi connectivity index (χ0) is 21.6. The van der Waals surface area contributed by atoms with E-state index in [0.29, 0.717) is 22.9 Å². The number of nitrogens with two attached hydrogens (primary N) is 1. The monoisotopic (exact) mass is 483 g/mol. The van der Waals surface area contributed by atoms with Gasteiger partial charge in [-0.2, -0.15) is 0 Å². The second-order valence-corrected chi connectivity index (χ2v) is 8.45. The standard InChI is InChI=1S/C20H23BrFN3O3S/c1-20(24-19(23)25(2)13-26,16-9-10-18(22)17(21)11-16)15-6-4-5-14(7-8-15)12-28-29(3)27/h5-11,13H,4,12H2,1-3H3,(H2,23,24). The van der Waals surface area contributed by atoms with Crippen LogP contribution in [-0.4, -0.2) is 41.4 Å². The lowest BCUT2D eigenvalue weighted by Gasteiger charge is -2.29. The van der Waals surface area contributed by atoms with E-state index in [1.807, 2.05) is 31.2 Å². The second-order valence-electron chi connectivity index (χ2n) is 6.56. The molecule has 2 rings (SSSR count). The molecule has 1 aromatic rings. The van der Waals surface area contributed by atoms with E-state index in [1.165, 1.54) is 24.3 Å². The fourth-order valence-electron chi connectivity index (χ4n) is 2.75. The number of benzene rings is 1. The summed E-state index contributed by atoms with van der Waals surface area (Å²) >= 11 is 1.86. The van der Waals surface area contributed by atoms with Gasteiger partial charge in [0.1, 0.15) is 11.4 Å². The predicted molar refractivity (Wildman–Crippen MR) is 117 cm³/mol. The summed E-state index contributed by atoms with van der Waals surface area (Å²) in [6.07, 6.45) is 10.3. The highest BCUT2D eigenvalue weighted by Crippen LogP contribution is 2.37. The average Bonchev–Trinajstić information content (AvgIpc) is 2.93. The number of rotatable bonds is 7. The van der Waals surface area contributed by atoms with E-state index >= 15 is 0 Å². The maximum absolute atomic E-state index is 13.8. The number of amides is 1. The SMILES string of the molecule is CN(C=O)C(N)=NC(C)(C1=CCC=C(COS(C)=O)C=C1)c1ccc(F)c(Br)c1. The first-order chi connectivity index (χ1) is 13.7. The van der Waals surface area contributed by atoms with Gasteiger partial charge in [0.15, 0.2) is 17.0 Å². The van der Waals surface area contributed by atoms with E-state index in [2.05, 4.69) is 20.9 Å². The quantitative estimate of drug-likeness (QED) is 0.366. The van der Waals surface area contributed by atoms with Crippen molar-refractivity contribution >= 4 is 39.4 Å². The molecule has 1 aromatic carbocycles. The molecule has 0 aliphatic heterocycles. The molecule has 0 heterocycles. The number of allylic oxidation sites excluding steroid dienone is 2. The van der Waals surface area contributed by atoms with Gasteiger partial charge in [-0.05, 0) is 58.1 Å². The van der Waals surface area contributed by atoms with Crippen LogP contribution in [0.3, 0.4) is 0 Å². The van der Waals surface area contributed by atoms with Crippen molar-refractivity contribution in [3.63, 3.8) is 0 Å². The molecule has 0 bridgehead atoms. The highest BCUT2D eigenvalue weighted by Gasteiger charge is 2.31. The topological polar surface area (TPSA) is 85.0 Å². The molecule has 29 heavy (non-hydrogen) atoms. The van der Waals surface area contributed by atoms with Crippen LogP contribution in [0.25, 0.3) is 0 Å². The Kier molecular flexibility index (Phi) is 8.06. The van der Waals surface area contributed by atoms with Crippen LogP contribution in [-0.2, 0) is 25.6 Å². The van der Waals surface area contributed by atoms with E-state index in [-0.39, 0.29) is 12.6 Å². The molecule has 1 aliphatic rings. The molecular formula is C20H23BrFN3O3S. The van der Waals surface area contributed by atoms with Gasteiger partial charge in [-0.1, -0.05) is 30.4 Å². The van der Waals surface area contributed by atoms with Crippen LogP contribution < -0.4 is 5.73 Å². The molecule has 2 N–H and O–H groups in total. The Balaban J connectivity index is 2.49. The molecule has 2 unspecified atom stereocenters. The number of nitrogens with zero attached hydrogens (tertiary/aromatic N) is 2. The summed E-state index contributed by atoms with van der Waals surface area (Å²) in [5.74, 6) is -0.364. The summed E-state index contributed by atoms with van der Waals surface area (Å²) in [4.78, 5) is 16.9. The lowest BCUT2D eigenvalue weighted by molar-refractivity contribution is -0.114. The van der Waals surface area contributed by atoms with Crippen LogP contribution in [0.1, 0.15) is 18.9 Å². The van der Waals surface area contributed by atoms with Gasteiger partial charge in [-0.15, -0.1) is 0 Å². The number of hydrogen-bond acceptors (Lipinski definition) is 4. The normalized spacial score (nSPS) is 17.6. The van der Waals surface area contributed by atoms with Crippen LogP contribution in [0.4, 0.5) is 4.39 Å². The molecule has 156 valence electrons. The second kappa shape index (κ2) is 10.1. The summed E-state index contributed by atoms with van der Waals surface area (Å²) in [6, 6.07) is 4.63. The summed E-state index contributed by atoms with van der Waals surface area (Å²) in [5.41, 5.74) is 7.41. The summed E-state index contributed by atoms with van der Waals surface area (Å²) < 4.78 is 30.5. The van der Waals surface area contributed by atoms with Crippen molar-refractivity contribution in [2.75, 3.05) is 19.9 Å². The van der Waals surface area contributed by atoms with Gasteiger partial charge in [0.2, 0.25) is 6.41 Å². The highest BCUT2D eigenvalue weighted by molar-refractivity contribution is 9.10. The number of aliphatic imine (C=N–C) groups is 1. The van der Waals surface area contributed by atoms with Crippen LogP contribution in [0.15, 0.2) is 63.1 Å². The van der Waals surface area contributed by atoms with Crippen molar-refractivity contribution in [2.45, 2.75) is 18.9 Å². The molecule has 6 nitrogen and oxygen atoms in total. The Bertz CT molecular complexity index is 930. The van der Waals surface area contributed by atoms with Gasteiger partial charge in [-0.3, -0.25) is 13.9 Å². The van der Waals surface area contributed by atoms with Crippen LogP contribution in [0.5, 0.6) is 0 Å². The number of halogens is 2. The first kappa shape index (κ1) is 23.2. The Morgan fingerprint density at radius 3 is 2.79 bits per heavy atom. The zero-order valence-electron chi connectivity index (χ0n) is 16.4. The number of hydrogen-bond donors (Lipinski definition) is 1. The molecule has 9 heteroatoms. The summed E-state index contributed by atoms with van der Waals surface area (Å²) in [7, 11) is 1.51. The summed E-state index contributed by atoms with van der Waals surface area (Å²) in [6.45, 7) is 2.07. The fourth-order valence-corrected chi connectivity index (χ4v) is 3.43. The van der Waals surface area contributed by atoms with Crippen molar-refractivity contribution in [1.29, 1.82) is 0 Å². The van der Waals surface area contributed by atoms with Gasteiger partial charge in [0.25, 0.3) is 0 Å². The minimum absolute atomic E-state index is 0.0272. The molecule has 0 aromatic heterocycles. The Hall–Kier alpha value is -2.10. The van der Waals surface area contributed by atoms with Crippen molar-refractivity contribution < 1.29 is 17.6 Å². The largest absolute Gasteiger partial charge is 0.369 e. The van der Waals surface area contributed by atoms with Crippen LogP contribution >= 0.6 is 15.9 Å². The van der Waals surface area contributed by atoms with E-state index in [1.54, 1.807) is 12.1 Å². The molecule has 0 saturated heterocycles. The number of guanidine groups is 1. The molecule has 1 amide bonds. The van der Waals surface area contributed by atoms with Crippen molar-refractivity contribution in [2.24, 2.45) is 10.7 Å². The molecule has 0 spiro atoms. The molecule has 1 aliphatic carbocycles. The van der Waals surface area contributed by atoms with Crippen LogP contribution in [0.2, 0.25) is 0 Å². The van der Waals surface area contributed by atoms with Crippen molar-refractivity contribution in [3.05, 3.63) is 69.5 Å². The predicted octanol–water partition coefficient (Wildman–Crippen LogP) is 3.33. The molecular weight excluding hydrogens is 461 g/mol. The minimum Gasteiger partial charge on any atom is -0.369 e. The van der Waals surface area contributed by atoms with Gasteiger partial charge < -0.3 is 5.73 Å². The molecule has 0 radical (unpaired) electrons. The van der Waals surface area contributed by atoms with E-state index in [9.17, 15) is 13.4 Å². The lowest BCUT2D eigenvalue weighted by Crippen LogP contribution is -2.36. The number of carbonyl (C=O) groups excluding carboxylic acids is 1. The van der Waals surface area contributed by atoms with Gasteiger partial charge >= 0.3 is 0 Å². The minimum atomic E-state index is -1.36. The Morgan fingerprint density at radius 1 is 1.45 bits per heavy atom. The van der Waals surface area contributed by atoms with E-state index in [4.69, 9.17) is 9.92 Å². The lowest BCUT2D eigenvalue weighted by atomic mass is 9.84. The summed E-state index contributed by atoms with van der Waals surface area (Å²) in [5, 5.41) is 0. The van der Waals surface area contributed by atoms with Crippen LogP contribution in [0, 0.1) is 5.82 Å². The number of carbonyl (C=O) groups is 1. The average molecular weight is 484 g/mol. The highest BCUT2D eigenvalue weighted by atomic mass is 79.9.